The van der Waals surface area contributed by atoms with E-state index in [9.17, 15) is 0 Å². The molecule has 0 aliphatic heterocycles. The van der Waals surface area contributed by atoms with Gasteiger partial charge < -0.3 is 0 Å². The summed E-state index contributed by atoms with van der Waals surface area (Å²) in [5.41, 5.74) is 17.3. The average molecular weight is 650 g/mol. The maximum Gasteiger partial charge on any atom is 0.0708 e. The first-order valence-electron chi connectivity index (χ1n) is 18.9. The third kappa shape index (κ3) is 5.81. The molecule has 6 aromatic rings. The molecule has 1 heteroatoms. The van der Waals surface area contributed by atoms with Crippen LogP contribution in [0.3, 0.4) is 0 Å². The standard InChI is InChI=1S/C49H47N/c1-34-43(28-35-15-5-2-6-16-35)47(42-22-12-11-21-41(42)46-23-13-14-24-50-46)45(30-37-19-9-4-10-20-37)48(44(34)29-36-17-7-3-8-18-36)49-31-38-25-39(32-49)27-40(26-38)33-49/h2-24,38-40H,25-33H2,1H3. The highest BCUT2D eigenvalue weighted by atomic mass is 14.7. The zero-order valence-corrected chi connectivity index (χ0v) is 29.3. The fraction of sp³-hybridized carbons (Fsp3) is 0.286. The first-order valence-corrected chi connectivity index (χ1v) is 18.9. The predicted octanol–water partition coefficient (Wildman–Crippen LogP) is 12.0. The Kier molecular flexibility index (Phi) is 8.24. The van der Waals surface area contributed by atoms with Gasteiger partial charge in [0.15, 0.2) is 0 Å². The molecule has 0 N–H and O–H groups in total. The third-order valence-corrected chi connectivity index (χ3v) is 12.5. The first kappa shape index (κ1) is 31.2. The van der Waals surface area contributed by atoms with Crippen molar-refractivity contribution in [2.45, 2.75) is 70.1 Å². The van der Waals surface area contributed by atoms with Crippen LogP contribution >= 0.6 is 0 Å². The number of pyridine rings is 1. The van der Waals surface area contributed by atoms with Crippen LogP contribution in [-0.2, 0) is 24.7 Å². The quantitative estimate of drug-likeness (QED) is 0.152. The van der Waals surface area contributed by atoms with Crippen LogP contribution in [0.4, 0.5) is 0 Å². The Morgan fingerprint density at radius 3 is 1.48 bits per heavy atom. The Morgan fingerprint density at radius 1 is 0.500 bits per heavy atom. The van der Waals surface area contributed by atoms with Crippen molar-refractivity contribution in [3.05, 3.63) is 184 Å². The molecule has 4 fully saturated rings. The van der Waals surface area contributed by atoms with Gasteiger partial charge in [-0.15, -0.1) is 0 Å². The number of benzene rings is 5. The van der Waals surface area contributed by atoms with Crippen molar-refractivity contribution in [3.8, 4) is 22.4 Å². The Morgan fingerprint density at radius 2 is 0.960 bits per heavy atom. The van der Waals surface area contributed by atoms with Gasteiger partial charge in [0, 0.05) is 11.8 Å². The van der Waals surface area contributed by atoms with Crippen LogP contribution in [0.25, 0.3) is 22.4 Å². The molecule has 248 valence electrons. The zero-order chi connectivity index (χ0) is 33.5. The number of hydrogen-bond acceptors (Lipinski definition) is 1. The normalized spacial score (nSPS) is 22.1. The van der Waals surface area contributed by atoms with Crippen LogP contribution < -0.4 is 0 Å². The molecule has 0 spiro atoms. The van der Waals surface area contributed by atoms with Crippen LogP contribution in [0, 0.1) is 24.7 Å². The van der Waals surface area contributed by atoms with Gasteiger partial charge in [-0.3, -0.25) is 4.98 Å². The van der Waals surface area contributed by atoms with E-state index in [1.165, 1.54) is 83.0 Å². The van der Waals surface area contributed by atoms with Gasteiger partial charge in [-0.1, -0.05) is 121 Å². The fourth-order valence-electron chi connectivity index (χ4n) is 10.9. The second kappa shape index (κ2) is 13.2. The van der Waals surface area contributed by atoms with Gasteiger partial charge in [0.25, 0.3) is 0 Å². The Bertz CT molecular complexity index is 2060. The largest absolute Gasteiger partial charge is 0.256 e. The molecule has 5 aromatic carbocycles. The molecule has 4 aliphatic carbocycles. The molecule has 10 rings (SSSR count). The minimum Gasteiger partial charge on any atom is -0.256 e. The molecular formula is C49H47N. The van der Waals surface area contributed by atoms with Gasteiger partial charge in [0.1, 0.15) is 0 Å². The molecule has 1 aromatic heterocycles. The highest BCUT2D eigenvalue weighted by molar-refractivity contribution is 5.88. The van der Waals surface area contributed by atoms with Crippen molar-refractivity contribution >= 4 is 0 Å². The summed E-state index contributed by atoms with van der Waals surface area (Å²) in [6, 6.07) is 49.3. The minimum atomic E-state index is 0.230. The first-order chi connectivity index (χ1) is 24.6. The van der Waals surface area contributed by atoms with Gasteiger partial charge in [0.2, 0.25) is 0 Å². The number of hydrogen-bond donors (Lipinski definition) is 0. The minimum absolute atomic E-state index is 0.230. The van der Waals surface area contributed by atoms with E-state index >= 15 is 0 Å². The Labute approximate surface area is 298 Å². The summed E-state index contributed by atoms with van der Waals surface area (Å²) in [5, 5.41) is 0. The Hall–Kier alpha value is -4.75. The molecular weight excluding hydrogens is 603 g/mol. The molecule has 0 saturated heterocycles. The van der Waals surface area contributed by atoms with Crippen LogP contribution in [0.1, 0.15) is 83.0 Å². The lowest BCUT2D eigenvalue weighted by Gasteiger charge is -2.58. The summed E-state index contributed by atoms with van der Waals surface area (Å²) >= 11 is 0. The average Bonchev–Trinajstić information content (AvgIpc) is 3.15. The van der Waals surface area contributed by atoms with Crippen LogP contribution in [-0.4, -0.2) is 4.98 Å². The lowest BCUT2D eigenvalue weighted by molar-refractivity contribution is -0.00590. The van der Waals surface area contributed by atoms with Crippen molar-refractivity contribution < 1.29 is 0 Å². The number of nitrogens with zero attached hydrogens (tertiary/aromatic N) is 1. The number of rotatable bonds is 9. The van der Waals surface area contributed by atoms with Crippen molar-refractivity contribution in [2.24, 2.45) is 17.8 Å². The van der Waals surface area contributed by atoms with Crippen molar-refractivity contribution in [2.75, 3.05) is 0 Å². The fourth-order valence-corrected chi connectivity index (χ4v) is 10.9. The zero-order valence-electron chi connectivity index (χ0n) is 29.3. The van der Waals surface area contributed by atoms with E-state index in [4.69, 9.17) is 4.98 Å². The molecule has 0 unspecified atom stereocenters. The van der Waals surface area contributed by atoms with Crippen LogP contribution in [0.5, 0.6) is 0 Å². The third-order valence-electron chi connectivity index (χ3n) is 12.5. The van der Waals surface area contributed by atoms with Crippen LogP contribution in [0.15, 0.2) is 140 Å². The number of aromatic nitrogens is 1. The molecule has 0 atom stereocenters. The van der Waals surface area contributed by atoms with E-state index in [1.54, 1.807) is 16.7 Å². The van der Waals surface area contributed by atoms with E-state index in [1.807, 2.05) is 12.3 Å². The summed E-state index contributed by atoms with van der Waals surface area (Å²) in [7, 11) is 0. The summed E-state index contributed by atoms with van der Waals surface area (Å²) in [4.78, 5) is 4.94. The summed E-state index contributed by atoms with van der Waals surface area (Å²) in [6.07, 6.45) is 13.2. The predicted molar refractivity (Wildman–Crippen MR) is 207 cm³/mol. The Balaban J connectivity index is 1.40. The lowest BCUT2D eigenvalue weighted by Crippen LogP contribution is -2.49. The summed E-state index contributed by atoms with van der Waals surface area (Å²) < 4.78 is 0. The summed E-state index contributed by atoms with van der Waals surface area (Å²) in [6.45, 7) is 2.47. The van der Waals surface area contributed by atoms with Crippen molar-refractivity contribution in [1.29, 1.82) is 0 Å². The van der Waals surface area contributed by atoms with E-state index in [2.05, 4.69) is 134 Å². The van der Waals surface area contributed by atoms with E-state index in [0.717, 1.165) is 42.7 Å². The monoisotopic (exact) mass is 649 g/mol. The van der Waals surface area contributed by atoms with Gasteiger partial charge in [-0.05, 0) is 156 Å². The molecule has 4 bridgehead atoms. The lowest BCUT2D eigenvalue weighted by atomic mass is 9.46. The smallest absolute Gasteiger partial charge is 0.0708 e. The highest BCUT2D eigenvalue weighted by Crippen LogP contribution is 2.63. The van der Waals surface area contributed by atoms with Crippen LogP contribution in [0.2, 0.25) is 0 Å². The van der Waals surface area contributed by atoms with Crippen molar-refractivity contribution in [1.82, 2.24) is 4.98 Å². The SMILES string of the molecule is Cc1c(Cc2ccccc2)c(-c2ccccc2-c2ccccn2)c(Cc2ccccc2)c(C23CC4CC(CC(C4)C2)C3)c1Cc1ccccc1. The van der Waals surface area contributed by atoms with Gasteiger partial charge in [0.05, 0.1) is 5.69 Å². The molecule has 1 heterocycles. The van der Waals surface area contributed by atoms with E-state index in [0.29, 0.717) is 0 Å². The second-order valence-electron chi connectivity index (χ2n) is 15.8. The molecule has 0 radical (unpaired) electrons. The maximum atomic E-state index is 4.94. The van der Waals surface area contributed by atoms with E-state index in [-0.39, 0.29) is 5.41 Å². The molecule has 1 nitrogen and oxygen atoms in total. The van der Waals surface area contributed by atoms with E-state index < -0.39 is 0 Å². The molecule has 0 amide bonds. The summed E-state index contributed by atoms with van der Waals surface area (Å²) in [5.74, 6) is 2.59. The van der Waals surface area contributed by atoms with Crippen molar-refractivity contribution in [3.63, 3.8) is 0 Å². The topological polar surface area (TPSA) is 12.9 Å². The van der Waals surface area contributed by atoms with Gasteiger partial charge in [-0.25, -0.2) is 0 Å². The second-order valence-corrected chi connectivity index (χ2v) is 15.8. The highest BCUT2D eigenvalue weighted by Gasteiger charge is 2.53. The maximum absolute atomic E-state index is 4.94. The molecule has 50 heavy (non-hydrogen) atoms. The molecule has 4 aliphatic rings. The molecule has 4 saturated carbocycles. The van der Waals surface area contributed by atoms with Gasteiger partial charge in [-0.2, -0.15) is 0 Å². The van der Waals surface area contributed by atoms with Gasteiger partial charge >= 0.3 is 0 Å².